The van der Waals surface area contributed by atoms with Gasteiger partial charge in [0.05, 0.1) is 13.2 Å². The van der Waals surface area contributed by atoms with Gasteiger partial charge < -0.3 is 19.4 Å². The van der Waals surface area contributed by atoms with Crippen LogP contribution in [0.1, 0.15) is 27.3 Å². The molecule has 0 spiro atoms. The molecule has 1 aromatic heterocycles. The number of aromatic nitrogens is 2. The second-order valence-corrected chi connectivity index (χ2v) is 7.83. The van der Waals surface area contributed by atoms with E-state index >= 15 is 0 Å². The van der Waals surface area contributed by atoms with Crippen molar-refractivity contribution in [3.8, 4) is 0 Å². The van der Waals surface area contributed by atoms with E-state index in [9.17, 15) is 4.79 Å². The summed E-state index contributed by atoms with van der Waals surface area (Å²) < 4.78 is 5.45. The number of amides is 1. The maximum absolute atomic E-state index is 13.0. The molecule has 1 amide bonds. The number of carbonyl (C=O) groups is 1. The van der Waals surface area contributed by atoms with Crippen molar-refractivity contribution in [1.82, 2.24) is 14.9 Å². The van der Waals surface area contributed by atoms with Crippen LogP contribution in [0.4, 0.5) is 11.6 Å². The minimum absolute atomic E-state index is 0.120. The normalized spacial score (nSPS) is 17.6. The summed E-state index contributed by atoms with van der Waals surface area (Å²) >= 11 is 0. The van der Waals surface area contributed by atoms with Crippen LogP contribution in [0.5, 0.6) is 0 Å². The molecular weight excluding hydrogens is 366 g/mol. The maximum atomic E-state index is 13.0. The monoisotopic (exact) mass is 395 g/mol. The summed E-state index contributed by atoms with van der Waals surface area (Å²) in [6, 6.07) is 8.09. The third kappa shape index (κ3) is 4.34. The molecule has 1 aromatic carbocycles. The Morgan fingerprint density at radius 2 is 1.48 bits per heavy atom. The van der Waals surface area contributed by atoms with Crippen molar-refractivity contribution < 1.29 is 9.53 Å². The highest BCUT2D eigenvalue weighted by molar-refractivity contribution is 5.95. The molecule has 0 unspecified atom stereocenters. The van der Waals surface area contributed by atoms with Gasteiger partial charge in [-0.05, 0) is 32.4 Å². The van der Waals surface area contributed by atoms with Crippen molar-refractivity contribution in [2.75, 3.05) is 62.3 Å². The van der Waals surface area contributed by atoms with Gasteiger partial charge in [0.1, 0.15) is 17.5 Å². The molecule has 29 heavy (non-hydrogen) atoms. The van der Waals surface area contributed by atoms with Gasteiger partial charge in [-0.2, -0.15) is 0 Å². The van der Waals surface area contributed by atoms with Gasteiger partial charge in [-0.1, -0.05) is 17.7 Å². The first-order valence-electron chi connectivity index (χ1n) is 10.3. The van der Waals surface area contributed by atoms with Crippen LogP contribution in [0.15, 0.2) is 24.3 Å². The molecule has 7 nitrogen and oxygen atoms in total. The lowest BCUT2D eigenvalue weighted by atomic mass is 10.0. The summed E-state index contributed by atoms with van der Waals surface area (Å²) in [4.78, 5) is 28.7. The van der Waals surface area contributed by atoms with Gasteiger partial charge in [0.2, 0.25) is 0 Å². The molecule has 154 valence electrons. The molecule has 2 aliphatic heterocycles. The maximum Gasteiger partial charge on any atom is 0.254 e. The second kappa shape index (κ2) is 8.37. The summed E-state index contributed by atoms with van der Waals surface area (Å²) in [5.41, 5.74) is 3.02. The number of rotatable bonds is 3. The van der Waals surface area contributed by atoms with E-state index in [1.54, 1.807) is 0 Å². The summed E-state index contributed by atoms with van der Waals surface area (Å²) in [5.74, 6) is 2.80. The highest BCUT2D eigenvalue weighted by Crippen LogP contribution is 2.22. The number of piperazine rings is 1. The van der Waals surface area contributed by atoms with Crippen molar-refractivity contribution in [2.24, 2.45) is 0 Å². The van der Waals surface area contributed by atoms with Crippen LogP contribution >= 0.6 is 0 Å². The molecule has 0 radical (unpaired) electrons. The summed E-state index contributed by atoms with van der Waals surface area (Å²) in [6.07, 6.45) is 0. The second-order valence-electron chi connectivity index (χ2n) is 7.83. The van der Waals surface area contributed by atoms with E-state index in [1.165, 1.54) is 5.56 Å². The summed E-state index contributed by atoms with van der Waals surface area (Å²) in [5, 5.41) is 0. The van der Waals surface area contributed by atoms with Crippen LogP contribution < -0.4 is 9.80 Å². The Morgan fingerprint density at radius 3 is 2.10 bits per heavy atom. The Bertz CT molecular complexity index is 887. The van der Waals surface area contributed by atoms with E-state index in [-0.39, 0.29) is 5.91 Å². The van der Waals surface area contributed by atoms with Crippen molar-refractivity contribution in [3.05, 3.63) is 46.8 Å². The van der Waals surface area contributed by atoms with Gasteiger partial charge in [-0.15, -0.1) is 0 Å². The number of anilines is 2. The summed E-state index contributed by atoms with van der Waals surface area (Å²) in [6.45, 7) is 12.1. The fourth-order valence-corrected chi connectivity index (χ4v) is 4.02. The van der Waals surface area contributed by atoms with Crippen molar-refractivity contribution in [2.45, 2.75) is 20.8 Å². The number of ether oxygens (including phenoxy) is 1. The molecule has 2 aromatic rings. The Kier molecular flexibility index (Phi) is 5.67. The molecule has 3 heterocycles. The molecule has 7 heteroatoms. The fourth-order valence-electron chi connectivity index (χ4n) is 4.02. The lowest BCUT2D eigenvalue weighted by molar-refractivity contribution is 0.0745. The van der Waals surface area contributed by atoms with E-state index in [1.807, 2.05) is 30.9 Å². The van der Waals surface area contributed by atoms with Gasteiger partial charge in [0.15, 0.2) is 0 Å². The zero-order valence-electron chi connectivity index (χ0n) is 17.5. The van der Waals surface area contributed by atoms with E-state index < -0.39 is 0 Å². The smallest absolute Gasteiger partial charge is 0.254 e. The third-order valence-electron chi connectivity index (χ3n) is 5.65. The van der Waals surface area contributed by atoms with Crippen LogP contribution in [0.2, 0.25) is 0 Å². The average molecular weight is 396 g/mol. The standard InChI is InChI=1S/C22H29N5O2/c1-16-4-5-19(17(2)14-16)22(28)27-8-6-25(7-9-27)20-15-21(24-18(3)23-20)26-10-12-29-13-11-26/h4-5,14-15H,6-13H2,1-3H3. The molecule has 0 atom stereocenters. The van der Waals surface area contributed by atoms with Crippen molar-refractivity contribution in [3.63, 3.8) is 0 Å². The number of nitrogens with zero attached hydrogens (tertiary/aromatic N) is 5. The quantitative estimate of drug-likeness (QED) is 0.794. The van der Waals surface area contributed by atoms with Gasteiger partial charge in [0, 0.05) is 50.9 Å². The molecule has 2 aliphatic rings. The van der Waals surface area contributed by atoms with Gasteiger partial charge in [-0.25, -0.2) is 9.97 Å². The first kappa shape index (κ1) is 19.6. The highest BCUT2D eigenvalue weighted by Gasteiger charge is 2.25. The lowest BCUT2D eigenvalue weighted by Crippen LogP contribution is -2.49. The zero-order valence-corrected chi connectivity index (χ0v) is 17.5. The first-order valence-corrected chi connectivity index (χ1v) is 10.3. The van der Waals surface area contributed by atoms with E-state index in [4.69, 9.17) is 4.74 Å². The molecule has 2 fully saturated rings. The van der Waals surface area contributed by atoms with Crippen LogP contribution in [0.25, 0.3) is 0 Å². The SMILES string of the molecule is Cc1ccc(C(=O)N2CCN(c3cc(N4CCOCC4)nc(C)n3)CC2)c(C)c1. The Hall–Kier alpha value is -2.67. The van der Waals surface area contributed by atoms with Crippen molar-refractivity contribution in [1.29, 1.82) is 0 Å². The number of hydrogen-bond acceptors (Lipinski definition) is 6. The molecule has 2 saturated heterocycles. The average Bonchev–Trinajstić information content (AvgIpc) is 2.74. The predicted molar refractivity (Wildman–Crippen MR) is 114 cm³/mol. The molecule has 0 N–H and O–H groups in total. The molecule has 4 rings (SSSR count). The number of morpholine rings is 1. The summed E-state index contributed by atoms with van der Waals surface area (Å²) in [7, 11) is 0. The van der Waals surface area contributed by atoms with Crippen LogP contribution in [-0.2, 0) is 4.74 Å². The molecule has 0 bridgehead atoms. The fraction of sp³-hybridized carbons (Fsp3) is 0.500. The highest BCUT2D eigenvalue weighted by atomic mass is 16.5. The third-order valence-corrected chi connectivity index (χ3v) is 5.65. The topological polar surface area (TPSA) is 61.8 Å². The predicted octanol–water partition coefficient (Wildman–Crippen LogP) is 2.20. The molecule has 0 aliphatic carbocycles. The minimum Gasteiger partial charge on any atom is -0.378 e. The largest absolute Gasteiger partial charge is 0.378 e. The number of aryl methyl sites for hydroxylation is 3. The Labute approximate surface area is 172 Å². The van der Waals surface area contributed by atoms with Gasteiger partial charge >= 0.3 is 0 Å². The van der Waals surface area contributed by atoms with E-state index in [2.05, 4.69) is 38.8 Å². The lowest BCUT2D eigenvalue weighted by Gasteiger charge is -2.36. The first-order chi connectivity index (χ1) is 14.0. The Morgan fingerprint density at radius 1 is 0.862 bits per heavy atom. The van der Waals surface area contributed by atoms with Crippen LogP contribution in [-0.4, -0.2) is 73.3 Å². The molecular formula is C22H29N5O2. The number of benzene rings is 1. The minimum atomic E-state index is 0.120. The van der Waals surface area contributed by atoms with Crippen LogP contribution in [0.3, 0.4) is 0 Å². The van der Waals surface area contributed by atoms with Gasteiger partial charge in [0.25, 0.3) is 5.91 Å². The number of carbonyl (C=O) groups excluding carboxylic acids is 1. The number of hydrogen-bond donors (Lipinski definition) is 0. The van der Waals surface area contributed by atoms with Crippen molar-refractivity contribution >= 4 is 17.5 Å². The van der Waals surface area contributed by atoms with E-state index in [0.717, 1.165) is 68.0 Å². The van der Waals surface area contributed by atoms with Gasteiger partial charge in [-0.3, -0.25) is 4.79 Å². The Balaban J connectivity index is 1.44. The van der Waals surface area contributed by atoms with E-state index in [0.29, 0.717) is 13.1 Å². The van der Waals surface area contributed by atoms with Crippen LogP contribution in [0, 0.1) is 20.8 Å². The zero-order chi connectivity index (χ0) is 20.4. The molecule has 0 saturated carbocycles.